The fraction of sp³-hybridized carbons (Fsp3) is 0.533. The third kappa shape index (κ3) is 2.72. The van der Waals surface area contributed by atoms with Gasteiger partial charge in [-0.25, -0.2) is 0 Å². The average Bonchev–Trinajstić information content (AvgIpc) is 3.02. The second-order valence-electron chi connectivity index (χ2n) is 5.68. The van der Waals surface area contributed by atoms with Crippen LogP contribution in [0.5, 0.6) is 5.75 Å². The number of alkyl halides is 2. The molecule has 2 aliphatic rings. The van der Waals surface area contributed by atoms with Crippen LogP contribution >= 0.6 is 0 Å². The summed E-state index contributed by atoms with van der Waals surface area (Å²) >= 11 is 0. The molecule has 0 bridgehead atoms. The molecule has 2 saturated heterocycles. The van der Waals surface area contributed by atoms with Gasteiger partial charge in [-0.2, -0.15) is 8.78 Å². The van der Waals surface area contributed by atoms with Crippen LogP contribution in [0, 0.1) is 11.8 Å². The number of likely N-dealkylation sites (tertiary alicyclic amines) is 1. The van der Waals surface area contributed by atoms with Crippen molar-refractivity contribution in [1.82, 2.24) is 10.2 Å². The van der Waals surface area contributed by atoms with Gasteiger partial charge in [0.05, 0.1) is 0 Å². The summed E-state index contributed by atoms with van der Waals surface area (Å²) in [7, 11) is 0. The Kier molecular flexibility index (Phi) is 3.80. The van der Waals surface area contributed by atoms with E-state index in [9.17, 15) is 13.6 Å². The quantitative estimate of drug-likeness (QED) is 0.927. The van der Waals surface area contributed by atoms with Crippen LogP contribution in [0.25, 0.3) is 0 Å². The second-order valence-corrected chi connectivity index (χ2v) is 5.68. The summed E-state index contributed by atoms with van der Waals surface area (Å²) in [6, 6.07) is 6.10. The highest BCUT2D eigenvalue weighted by atomic mass is 19.3. The molecule has 0 aromatic heterocycles. The molecule has 3 unspecified atom stereocenters. The molecule has 2 aliphatic heterocycles. The Bertz CT molecular complexity index is 521. The summed E-state index contributed by atoms with van der Waals surface area (Å²) in [6.45, 7) is 1.89. The second kappa shape index (κ2) is 5.60. The molecule has 6 heteroatoms. The zero-order chi connectivity index (χ0) is 15.0. The smallest absolute Gasteiger partial charge is 0.387 e. The third-order valence-corrected chi connectivity index (χ3v) is 4.52. The first-order valence-electron chi connectivity index (χ1n) is 7.13. The van der Waals surface area contributed by atoms with Crippen molar-refractivity contribution < 1.29 is 18.3 Å². The monoisotopic (exact) mass is 296 g/mol. The molecule has 3 rings (SSSR count). The van der Waals surface area contributed by atoms with Gasteiger partial charge in [0.2, 0.25) is 0 Å². The number of hydrogen-bond donors (Lipinski definition) is 1. The Hall–Kier alpha value is -1.69. The van der Waals surface area contributed by atoms with E-state index in [1.165, 1.54) is 12.1 Å². The Morgan fingerprint density at radius 1 is 1.33 bits per heavy atom. The van der Waals surface area contributed by atoms with Crippen LogP contribution in [0.1, 0.15) is 17.3 Å². The van der Waals surface area contributed by atoms with Crippen molar-refractivity contribution in [3.05, 3.63) is 29.8 Å². The topological polar surface area (TPSA) is 41.6 Å². The fourth-order valence-electron chi connectivity index (χ4n) is 3.38. The average molecular weight is 296 g/mol. The van der Waals surface area contributed by atoms with Crippen molar-refractivity contribution in [3.8, 4) is 5.75 Å². The van der Waals surface area contributed by atoms with Gasteiger partial charge in [0, 0.05) is 31.2 Å². The molecule has 3 atom stereocenters. The first-order valence-corrected chi connectivity index (χ1v) is 7.13. The molecular formula is C15H18F2N2O2. The van der Waals surface area contributed by atoms with Gasteiger partial charge in [0.1, 0.15) is 5.75 Å². The van der Waals surface area contributed by atoms with Crippen LogP contribution in [0.3, 0.4) is 0 Å². The Balaban J connectivity index is 1.70. The van der Waals surface area contributed by atoms with Crippen LogP contribution in [0.2, 0.25) is 0 Å². The van der Waals surface area contributed by atoms with E-state index < -0.39 is 6.61 Å². The lowest BCUT2D eigenvalue weighted by atomic mass is 9.95. The number of benzene rings is 1. The summed E-state index contributed by atoms with van der Waals surface area (Å²) < 4.78 is 28.5. The summed E-state index contributed by atoms with van der Waals surface area (Å²) in [6.07, 6.45) is 0. The molecule has 1 aromatic rings. The molecule has 1 amide bonds. The number of fused-ring (bicyclic) bond motifs is 1. The fourth-order valence-corrected chi connectivity index (χ4v) is 3.38. The van der Waals surface area contributed by atoms with E-state index in [2.05, 4.69) is 17.0 Å². The lowest BCUT2D eigenvalue weighted by Gasteiger charge is -2.24. The van der Waals surface area contributed by atoms with Crippen LogP contribution in [-0.4, -0.2) is 43.1 Å². The molecular weight excluding hydrogens is 278 g/mol. The van der Waals surface area contributed by atoms with Crippen molar-refractivity contribution in [2.75, 3.05) is 19.6 Å². The number of carbonyl (C=O) groups excluding carboxylic acids is 1. The van der Waals surface area contributed by atoms with E-state index >= 15 is 0 Å². The van der Waals surface area contributed by atoms with Gasteiger partial charge >= 0.3 is 6.61 Å². The molecule has 21 heavy (non-hydrogen) atoms. The molecule has 4 nitrogen and oxygen atoms in total. The van der Waals surface area contributed by atoms with Crippen molar-refractivity contribution in [2.45, 2.75) is 19.6 Å². The number of carbonyl (C=O) groups is 1. The zero-order valence-electron chi connectivity index (χ0n) is 11.8. The largest absolute Gasteiger partial charge is 0.435 e. The lowest BCUT2D eigenvalue weighted by molar-refractivity contribution is -0.0498. The Morgan fingerprint density at radius 3 is 2.67 bits per heavy atom. The molecule has 1 aromatic carbocycles. The molecule has 1 N–H and O–H groups in total. The number of nitrogens with zero attached hydrogens (tertiary/aromatic N) is 1. The highest BCUT2D eigenvalue weighted by Gasteiger charge is 2.43. The van der Waals surface area contributed by atoms with Gasteiger partial charge in [0.15, 0.2) is 0 Å². The van der Waals surface area contributed by atoms with E-state index in [-0.39, 0.29) is 17.7 Å². The highest BCUT2D eigenvalue weighted by molar-refractivity contribution is 5.94. The zero-order valence-corrected chi connectivity index (χ0v) is 11.8. The summed E-state index contributed by atoms with van der Waals surface area (Å²) in [4.78, 5) is 14.4. The van der Waals surface area contributed by atoms with Gasteiger partial charge in [0.25, 0.3) is 5.91 Å². The molecule has 0 aliphatic carbocycles. The summed E-state index contributed by atoms with van der Waals surface area (Å²) in [5.41, 5.74) is 0.511. The Morgan fingerprint density at radius 2 is 2.05 bits per heavy atom. The standard InChI is InChI=1S/C15H18F2N2O2/c1-9-13-7-18-6-11(13)8-19(9)14(20)10-2-4-12(5-3-10)21-15(16)17/h2-5,9,11,13,15,18H,6-8H2,1H3. The molecule has 2 heterocycles. The lowest BCUT2D eigenvalue weighted by Crippen LogP contribution is -2.38. The molecule has 0 saturated carbocycles. The number of nitrogens with one attached hydrogen (secondary N) is 1. The van der Waals surface area contributed by atoms with E-state index in [0.717, 1.165) is 19.6 Å². The maximum atomic E-state index is 12.5. The normalized spacial score (nSPS) is 28.0. The Labute approximate surface area is 122 Å². The minimum absolute atomic E-state index is 0.0412. The first kappa shape index (κ1) is 14.3. The van der Waals surface area contributed by atoms with Gasteiger partial charge in [-0.1, -0.05) is 0 Å². The number of amides is 1. The maximum absolute atomic E-state index is 12.5. The third-order valence-electron chi connectivity index (χ3n) is 4.52. The number of rotatable bonds is 3. The van der Waals surface area contributed by atoms with Crippen LogP contribution in [0.15, 0.2) is 24.3 Å². The van der Waals surface area contributed by atoms with Gasteiger partial charge in [-0.3, -0.25) is 4.79 Å². The number of hydrogen-bond acceptors (Lipinski definition) is 3. The molecule has 2 fully saturated rings. The minimum atomic E-state index is -2.85. The summed E-state index contributed by atoms with van der Waals surface area (Å²) in [5.74, 6) is 1.05. The van der Waals surface area contributed by atoms with E-state index in [0.29, 0.717) is 17.4 Å². The van der Waals surface area contributed by atoms with Crippen molar-refractivity contribution in [3.63, 3.8) is 0 Å². The van der Waals surface area contributed by atoms with E-state index in [1.54, 1.807) is 12.1 Å². The van der Waals surface area contributed by atoms with Crippen molar-refractivity contribution in [1.29, 1.82) is 0 Å². The van der Waals surface area contributed by atoms with Gasteiger partial charge in [-0.05, 0) is 43.0 Å². The van der Waals surface area contributed by atoms with Crippen LogP contribution in [-0.2, 0) is 0 Å². The SMILES string of the molecule is CC1C2CNCC2CN1C(=O)c1ccc(OC(F)F)cc1. The maximum Gasteiger partial charge on any atom is 0.387 e. The van der Waals surface area contributed by atoms with Crippen LogP contribution < -0.4 is 10.1 Å². The highest BCUT2D eigenvalue weighted by Crippen LogP contribution is 2.33. The number of halogens is 2. The van der Waals surface area contributed by atoms with Gasteiger partial charge < -0.3 is 15.0 Å². The molecule has 0 spiro atoms. The van der Waals surface area contributed by atoms with E-state index in [1.807, 2.05) is 4.90 Å². The van der Waals surface area contributed by atoms with Gasteiger partial charge in [-0.15, -0.1) is 0 Å². The summed E-state index contributed by atoms with van der Waals surface area (Å²) in [5, 5.41) is 3.35. The molecule has 0 radical (unpaired) electrons. The molecule has 114 valence electrons. The van der Waals surface area contributed by atoms with Crippen molar-refractivity contribution >= 4 is 5.91 Å². The minimum Gasteiger partial charge on any atom is -0.435 e. The predicted molar refractivity (Wildman–Crippen MR) is 73.4 cm³/mol. The van der Waals surface area contributed by atoms with Crippen LogP contribution in [0.4, 0.5) is 8.78 Å². The van der Waals surface area contributed by atoms with Crippen molar-refractivity contribution in [2.24, 2.45) is 11.8 Å². The van der Waals surface area contributed by atoms with E-state index in [4.69, 9.17) is 0 Å². The number of ether oxygens (including phenoxy) is 1. The first-order chi connectivity index (χ1) is 10.1. The predicted octanol–water partition coefficient (Wildman–Crippen LogP) is 1.97.